The first-order valence-electron chi connectivity index (χ1n) is 3.97. The van der Waals surface area contributed by atoms with Gasteiger partial charge in [0.25, 0.3) is 0 Å². The van der Waals surface area contributed by atoms with Gasteiger partial charge in [0.1, 0.15) is 0 Å². The van der Waals surface area contributed by atoms with Gasteiger partial charge < -0.3 is 5.73 Å². The molecule has 0 amide bonds. The van der Waals surface area contributed by atoms with Crippen LogP contribution in [-0.4, -0.2) is 0 Å². The Labute approximate surface area is 81.1 Å². The average Bonchev–Trinajstić information content (AvgIpc) is 2.19. The zero-order valence-electron chi connectivity index (χ0n) is 7.03. The Morgan fingerprint density at radius 2 is 1.77 bits per heavy atom. The molecule has 4 N–H and O–H groups in total. The summed E-state index contributed by atoms with van der Waals surface area (Å²) in [5.41, 5.74) is 6.70. The molecule has 0 saturated carbocycles. The van der Waals surface area contributed by atoms with Gasteiger partial charge in [0.15, 0.2) is 0 Å². The SMILES string of the molecule is NSc1ccc2ccccc2c1N. The molecule has 0 aliphatic heterocycles. The van der Waals surface area contributed by atoms with Crippen LogP contribution in [0.15, 0.2) is 41.3 Å². The first-order chi connectivity index (χ1) is 6.33. The van der Waals surface area contributed by atoms with Crippen LogP contribution in [0, 0.1) is 0 Å². The number of benzene rings is 2. The number of anilines is 1. The highest BCUT2D eigenvalue weighted by Crippen LogP contribution is 2.28. The van der Waals surface area contributed by atoms with E-state index in [0.29, 0.717) is 0 Å². The molecule has 2 aromatic carbocycles. The van der Waals surface area contributed by atoms with Gasteiger partial charge in [-0.15, -0.1) is 0 Å². The molecular formula is C10H10N2S. The average molecular weight is 190 g/mol. The molecule has 66 valence electrons. The molecule has 0 bridgehead atoms. The third kappa shape index (κ3) is 1.36. The van der Waals surface area contributed by atoms with Crippen LogP contribution in [0.5, 0.6) is 0 Å². The molecule has 2 rings (SSSR count). The van der Waals surface area contributed by atoms with Crippen molar-refractivity contribution < 1.29 is 0 Å². The minimum atomic E-state index is 0.769. The molecule has 0 fully saturated rings. The van der Waals surface area contributed by atoms with E-state index in [1.54, 1.807) is 0 Å². The van der Waals surface area contributed by atoms with E-state index in [9.17, 15) is 0 Å². The Morgan fingerprint density at radius 1 is 1.00 bits per heavy atom. The van der Waals surface area contributed by atoms with Crippen LogP contribution < -0.4 is 10.9 Å². The maximum Gasteiger partial charge on any atom is 0.0545 e. The highest BCUT2D eigenvalue weighted by molar-refractivity contribution is 7.97. The summed E-state index contributed by atoms with van der Waals surface area (Å²) in [5.74, 6) is 0. The first kappa shape index (κ1) is 8.41. The highest BCUT2D eigenvalue weighted by Gasteiger charge is 2.01. The molecule has 0 spiro atoms. The lowest BCUT2D eigenvalue weighted by Crippen LogP contribution is -1.92. The molecule has 0 atom stereocenters. The maximum absolute atomic E-state index is 5.93. The summed E-state index contributed by atoms with van der Waals surface area (Å²) in [4.78, 5) is 0.929. The monoisotopic (exact) mass is 190 g/mol. The molecule has 0 aliphatic carbocycles. The van der Waals surface area contributed by atoms with E-state index in [-0.39, 0.29) is 0 Å². The van der Waals surface area contributed by atoms with Crippen molar-refractivity contribution in [2.75, 3.05) is 5.73 Å². The molecule has 3 heteroatoms. The summed E-state index contributed by atoms with van der Waals surface area (Å²) in [6.07, 6.45) is 0. The standard InChI is InChI=1S/C10H10N2S/c11-10-8-4-2-1-3-7(8)5-6-9(10)13-12/h1-6H,11-12H2. The molecule has 0 aromatic heterocycles. The Bertz CT molecular complexity index is 440. The van der Waals surface area contributed by atoms with Gasteiger partial charge in [-0.25, -0.2) is 0 Å². The minimum absolute atomic E-state index is 0.769. The third-order valence-corrected chi connectivity index (χ3v) is 2.67. The van der Waals surface area contributed by atoms with Crippen LogP contribution in [0.1, 0.15) is 0 Å². The van der Waals surface area contributed by atoms with Crippen LogP contribution in [0.25, 0.3) is 10.8 Å². The fourth-order valence-corrected chi connectivity index (χ4v) is 1.76. The van der Waals surface area contributed by atoms with Gasteiger partial charge in [-0.3, -0.25) is 5.14 Å². The van der Waals surface area contributed by atoms with E-state index < -0.39 is 0 Å². The summed E-state index contributed by atoms with van der Waals surface area (Å²) in [5, 5.41) is 7.70. The highest BCUT2D eigenvalue weighted by atomic mass is 32.2. The van der Waals surface area contributed by atoms with Crippen LogP contribution >= 0.6 is 11.9 Å². The third-order valence-electron chi connectivity index (χ3n) is 2.06. The van der Waals surface area contributed by atoms with Gasteiger partial charge in [-0.2, -0.15) is 0 Å². The normalized spacial score (nSPS) is 10.5. The lowest BCUT2D eigenvalue weighted by molar-refractivity contribution is 1.50. The summed E-state index contributed by atoms with van der Waals surface area (Å²) in [7, 11) is 0. The molecule has 0 heterocycles. The number of nitrogens with two attached hydrogens (primary N) is 2. The zero-order valence-corrected chi connectivity index (χ0v) is 7.84. The van der Waals surface area contributed by atoms with Gasteiger partial charge in [0, 0.05) is 10.3 Å². The Kier molecular flexibility index (Phi) is 2.12. The second-order valence-corrected chi connectivity index (χ2v) is 3.49. The lowest BCUT2D eigenvalue weighted by atomic mass is 10.1. The smallest absolute Gasteiger partial charge is 0.0545 e. The Morgan fingerprint density at radius 3 is 2.54 bits per heavy atom. The molecule has 2 aromatic rings. The molecule has 0 radical (unpaired) electrons. The minimum Gasteiger partial charge on any atom is -0.397 e. The van der Waals surface area contributed by atoms with E-state index in [1.807, 2.05) is 36.4 Å². The number of nitrogen functional groups attached to an aromatic ring is 1. The Balaban J connectivity index is 2.79. The molecule has 0 saturated heterocycles. The summed E-state index contributed by atoms with van der Waals surface area (Å²) in [6, 6.07) is 12.0. The zero-order chi connectivity index (χ0) is 9.26. The Hall–Kier alpha value is -1.19. The van der Waals surface area contributed by atoms with Crippen molar-refractivity contribution in [3.05, 3.63) is 36.4 Å². The second-order valence-electron chi connectivity index (χ2n) is 2.82. The van der Waals surface area contributed by atoms with Gasteiger partial charge in [0.05, 0.1) is 5.69 Å². The maximum atomic E-state index is 5.93. The van der Waals surface area contributed by atoms with Crippen LogP contribution in [0.2, 0.25) is 0 Å². The van der Waals surface area contributed by atoms with E-state index in [2.05, 4.69) is 0 Å². The number of rotatable bonds is 1. The lowest BCUT2D eigenvalue weighted by Gasteiger charge is -2.05. The van der Waals surface area contributed by atoms with E-state index >= 15 is 0 Å². The van der Waals surface area contributed by atoms with Crippen molar-refractivity contribution in [3.8, 4) is 0 Å². The van der Waals surface area contributed by atoms with Crippen LogP contribution in [0.3, 0.4) is 0 Å². The summed E-state index contributed by atoms with van der Waals surface area (Å²) < 4.78 is 0. The second kappa shape index (κ2) is 3.28. The van der Waals surface area contributed by atoms with E-state index in [4.69, 9.17) is 10.9 Å². The van der Waals surface area contributed by atoms with Crippen molar-refractivity contribution in [3.63, 3.8) is 0 Å². The first-order valence-corrected chi connectivity index (χ1v) is 4.85. The van der Waals surface area contributed by atoms with Gasteiger partial charge in [-0.1, -0.05) is 30.3 Å². The van der Waals surface area contributed by atoms with E-state index in [1.165, 1.54) is 11.9 Å². The molecular weight excluding hydrogens is 180 g/mol. The molecule has 2 nitrogen and oxygen atoms in total. The van der Waals surface area contributed by atoms with Crippen molar-refractivity contribution in [2.24, 2.45) is 5.14 Å². The molecule has 13 heavy (non-hydrogen) atoms. The van der Waals surface area contributed by atoms with Crippen LogP contribution in [0.4, 0.5) is 5.69 Å². The van der Waals surface area contributed by atoms with Gasteiger partial charge in [0.2, 0.25) is 0 Å². The fraction of sp³-hybridized carbons (Fsp3) is 0. The van der Waals surface area contributed by atoms with E-state index in [0.717, 1.165) is 21.4 Å². The number of hydrogen-bond acceptors (Lipinski definition) is 3. The quantitative estimate of drug-likeness (QED) is 0.536. The van der Waals surface area contributed by atoms with Crippen molar-refractivity contribution >= 4 is 28.4 Å². The molecule has 0 unspecified atom stereocenters. The largest absolute Gasteiger partial charge is 0.397 e. The fourth-order valence-electron chi connectivity index (χ4n) is 1.38. The predicted octanol–water partition coefficient (Wildman–Crippen LogP) is 2.39. The van der Waals surface area contributed by atoms with Gasteiger partial charge >= 0.3 is 0 Å². The molecule has 0 aliphatic rings. The van der Waals surface area contributed by atoms with Crippen molar-refractivity contribution in [2.45, 2.75) is 4.90 Å². The predicted molar refractivity (Wildman–Crippen MR) is 58.4 cm³/mol. The summed E-state index contributed by atoms with van der Waals surface area (Å²) >= 11 is 1.19. The van der Waals surface area contributed by atoms with Crippen molar-refractivity contribution in [1.82, 2.24) is 0 Å². The van der Waals surface area contributed by atoms with Gasteiger partial charge in [-0.05, 0) is 23.4 Å². The van der Waals surface area contributed by atoms with Crippen LogP contribution in [-0.2, 0) is 0 Å². The topological polar surface area (TPSA) is 52.0 Å². The number of fused-ring (bicyclic) bond motifs is 1. The summed E-state index contributed by atoms with van der Waals surface area (Å²) in [6.45, 7) is 0. The van der Waals surface area contributed by atoms with Crippen molar-refractivity contribution in [1.29, 1.82) is 0 Å². The number of hydrogen-bond donors (Lipinski definition) is 2.